The normalized spacial score (nSPS) is 17.1. The third-order valence-electron chi connectivity index (χ3n) is 4.17. The number of phenols is 1. The number of halogens is 1. The van der Waals surface area contributed by atoms with Gasteiger partial charge in [0, 0.05) is 6.54 Å². The van der Waals surface area contributed by atoms with Gasteiger partial charge in [-0.3, -0.25) is 4.90 Å². The molecule has 1 aliphatic rings. The van der Waals surface area contributed by atoms with Gasteiger partial charge < -0.3 is 9.84 Å². The van der Waals surface area contributed by atoms with Crippen molar-refractivity contribution in [3.8, 4) is 5.75 Å². The first-order chi connectivity index (χ1) is 11.7. The van der Waals surface area contributed by atoms with Crippen molar-refractivity contribution in [2.75, 3.05) is 6.54 Å². The Bertz CT molecular complexity index is 781. The largest absolute Gasteiger partial charge is 0.508 e. The van der Waals surface area contributed by atoms with E-state index < -0.39 is 17.7 Å². The van der Waals surface area contributed by atoms with E-state index >= 15 is 0 Å². The number of fused-ring (bicyclic) bond motifs is 1. The molecule has 1 N–H and O–H groups in total. The van der Waals surface area contributed by atoms with E-state index in [4.69, 9.17) is 4.74 Å². The lowest BCUT2D eigenvalue weighted by molar-refractivity contribution is 0.0178. The number of nitrogens with zero attached hydrogens (tertiary/aromatic N) is 1. The maximum atomic E-state index is 13.3. The Labute approximate surface area is 146 Å². The average molecular weight is 343 g/mol. The molecule has 1 aliphatic heterocycles. The molecule has 2 aromatic carbocycles. The second-order valence-corrected chi connectivity index (χ2v) is 7.26. The summed E-state index contributed by atoms with van der Waals surface area (Å²) in [5.41, 5.74) is 2.07. The monoisotopic (exact) mass is 343 g/mol. The highest BCUT2D eigenvalue weighted by molar-refractivity contribution is 5.70. The highest BCUT2D eigenvalue weighted by Crippen LogP contribution is 2.37. The second-order valence-electron chi connectivity index (χ2n) is 7.26. The minimum Gasteiger partial charge on any atom is -0.508 e. The van der Waals surface area contributed by atoms with Crippen LogP contribution in [0.15, 0.2) is 42.5 Å². The van der Waals surface area contributed by atoms with E-state index in [0.29, 0.717) is 13.0 Å². The fourth-order valence-corrected chi connectivity index (χ4v) is 3.12. The molecule has 5 heteroatoms. The number of amides is 1. The second kappa shape index (κ2) is 6.39. The molecule has 2 aromatic rings. The van der Waals surface area contributed by atoms with Crippen LogP contribution in [0.2, 0.25) is 0 Å². The summed E-state index contributed by atoms with van der Waals surface area (Å²) in [4.78, 5) is 14.4. The quantitative estimate of drug-likeness (QED) is 0.834. The van der Waals surface area contributed by atoms with Crippen LogP contribution in [0.1, 0.15) is 43.5 Å². The van der Waals surface area contributed by atoms with Gasteiger partial charge in [0.25, 0.3) is 0 Å². The molecular formula is C20H22FNO3. The van der Waals surface area contributed by atoms with Gasteiger partial charge in [-0.15, -0.1) is 0 Å². The molecule has 1 atom stereocenters. The van der Waals surface area contributed by atoms with Crippen molar-refractivity contribution in [2.45, 2.75) is 38.8 Å². The lowest BCUT2D eigenvalue weighted by Gasteiger charge is -2.38. The van der Waals surface area contributed by atoms with Gasteiger partial charge in [0.15, 0.2) is 0 Å². The highest BCUT2D eigenvalue weighted by Gasteiger charge is 2.34. The van der Waals surface area contributed by atoms with Crippen molar-refractivity contribution in [3.63, 3.8) is 0 Å². The predicted octanol–water partition coefficient (Wildman–Crippen LogP) is 4.41. The highest BCUT2D eigenvalue weighted by atomic mass is 19.1. The van der Waals surface area contributed by atoms with Gasteiger partial charge >= 0.3 is 6.09 Å². The van der Waals surface area contributed by atoms with Gasteiger partial charge in [-0.05, 0) is 68.1 Å². The van der Waals surface area contributed by atoms with Crippen LogP contribution in [0.25, 0.3) is 0 Å². The first kappa shape index (κ1) is 17.3. The number of hydrogen-bond acceptors (Lipinski definition) is 3. The Morgan fingerprint density at radius 1 is 1.20 bits per heavy atom. The van der Waals surface area contributed by atoms with Crippen molar-refractivity contribution >= 4 is 6.09 Å². The molecular weight excluding hydrogens is 321 g/mol. The van der Waals surface area contributed by atoms with Crippen molar-refractivity contribution in [2.24, 2.45) is 0 Å². The van der Waals surface area contributed by atoms with Crippen molar-refractivity contribution in [1.82, 2.24) is 4.90 Å². The molecule has 132 valence electrons. The van der Waals surface area contributed by atoms with Gasteiger partial charge in [-0.2, -0.15) is 0 Å². The van der Waals surface area contributed by atoms with E-state index in [1.54, 1.807) is 29.2 Å². The smallest absolute Gasteiger partial charge is 0.411 e. The zero-order valence-electron chi connectivity index (χ0n) is 14.6. The Hall–Kier alpha value is -2.56. The average Bonchev–Trinajstić information content (AvgIpc) is 2.53. The van der Waals surface area contributed by atoms with Gasteiger partial charge in [0.1, 0.15) is 17.2 Å². The summed E-state index contributed by atoms with van der Waals surface area (Å²) in [5.74, 6) is -0.198. The Balaban J connectivity index is 2.06. The molecule has 0 aromatic heterocycles. The van der Waals surface area contributed by atoms with E-state index in [1.807, 2.05) is 26.8 Å². The van der Waals surface area contributed by atoms with Crippen LogP contribution in [0.5, 0.6) is 5.75 Å². The summed E-state index contributed by atoms with van der Waals surface area (Å²) in [6.07, 6.45) is 0.253. The molecule has 0 unspecified atom stereocenters. The molecule has 0 bridgehead atoms. The zero-order valence-corrected chi connectivity index (χ0v) is 14.6. The third-order valence-corrected chi connectivity index (χ3v) is 4.17. The van der Waals surface area contributed by atoms with Crippen LogP contribution in [0.4, 0.5) is 9.18 Å². The maximum absolute atomic E-state index is 13.3. The minimum atomic E-state index is -0.608. The van der Waals surface area contributed by atoms with E-state index in [0.717, 1.165) is 16.7 Å². The standard InChI is InChI=1S/C20H22FNO3/c1-20(2,3)25-19(24)22-11-10-13-6-9-16(23)12-17(13)18(22)14-4-7-15(21)8-5-14/h4-9,12,18,23H,10-11H2,1-3H3/t18-/m0/s1. The van der Waals surface area contributed by atoms with Crippen LogP contribution in [-0.2, 0) is 11.2 Å². The Morgan fingerprint density at radius 2 is 1.88 bits per heavy atom. The number of aromatic hydroxyl groups is 1. The topological polar surface area (TPSA) is 49.8 Å². The van der Waals surface area contributed by atoms with Crippen molar-refractivity contribution in [1.29, 1.82) is 0 Å². The number of carbonyl (C=O) groups excluding carboxylic acids is 1. The number of phenolic OH excluding ortho intramolecular Hbond substituents is 1. The fourth-order valence-electron chi connectivity index (χ4n) is 3.12. The van der Waals surface area contributed by atoms with E-state index in [-0.39, 0.29) is 11.6 Å². The van der Waals surface area contributed by atoms with Crippen LogP contribution >= 0.6 is 0 Å². The summed E-state index contributed by atoms with van der Waals surface area (Å²) in [5, 5.41) is 9.91. The third kappa shape index (κ3) is 3.76. The molecule has 4 nitrogen and oxygen atoms in total. The van der Waals surface area contributed by atoms with Crippen LogP contribution < -0.4 is 0 Å². The van der Waals surface area contributed by atoms with Crippen molar-refractivity contribution < 1.29 is 19.0 Å². The molecule has 0 fully saturated rings. The van der Waals surface area contributed by atoms with Crippen LogP contribution in [0, 0.1) is 5.82 Å². The Morgan fingerprint density at radius 3 is 2.52 bits per heavy atom. The van der Waals surface area contributed by atoms with E-state index in [9.17, 15) is 14.3 Å². The lowest BCUT2D eigenvalue weighted by Crippen LogP contribution is -2.43. The van der Waals surface area contributed by atoms with Crippen LogP contribution in [-0.4, -0.2) is 28.2 Å². The predicted molar refractivity (Wildman–Crippen MR) is 93.0 cm³/mol. The number of benzene rings is 2. The summed E-state index contributed by atoms with van der Waals surface area (Å²) >= 11 is 0. The maximum Gasteiger partial charge on any atom is 0.411 e. The minimum absolute atomic E-state index is 0.136. The van der Waals surface area contributed by atoms with Gasteiger partial charge in [-0.1, -0.05) is 18.2 Å². The molecule has 1 heterocycles. The molecule has 0 aliphatic carbocycles. The first-order valence-electron chi connectivity index (χ1n) is 8.31. The fraction of sp³-hybridized carbons (Fsp3) is 0.350. The molecule has 1 amide bonds. The van der Waals surface area contributed by atoms with Gasteiger partial charge in [0.2, 0.25) is 0 Å². The zero-order chi connectivity index (χ0) is 18.2. The molecule has 0 saturated heterocycles. The SMILES string of the molecule is CC(C)(C)OC(=O)N1CCc2ccc(O)cc2[C@@H]1c1ccc(F)cc1. The van der Waals surface area contributed by atoms with Crippen molar-refractivity contribution in [3.05, 3.63) is 65.0 Å². The molecule has 25 heavy (non-hydrogen) atoms. The first-order valence-corrected chi connectivity index (χ1v) is 8.31. The van der Waals surface area contributed by atoms with Crippen LogP contribution in [0.3, 0.4) is 0 Å². The lowest BCUT2D eigenvalue weighted by atomic mass is 9.88. The molecule has 0 spiro atoms. The Kier molecular flexibility index (Phi) is 4.41. The van der Waals surface area contributed by atoms with Gasteiger partial charge in [0.05, 0.1) is 6.04 Å². The summed E-state index contributed by atoms with van der Waals surface area (Å²) < 4.78 is 18.9. The number of ether oxygens (including phenoxy) is 1. The van der Waals surface area contributed by atoms with Gasteiger partial charge in [-0.25, -0.2) is 9.18 Å². The summed E-state index contributed by atoms with van der Waals surface area (Å²) in [6, 6.07) is 10.8. The van der Waals surface area contributed by atoms with E-state index in [2.05, 4.69) is 0 Å². The number of carbonyl (C=O) groups is 1. The molecule has 0 saturated carbocycles. The van der Waals surface area contributed by atoms with E-state index in [1.165, 1.54) is 12.1 Å². The molecule has 3 rings (SSSR count). The number of hydrogen-bond donors (Lipinski definition) is 1. The molecule has 0 radical (unpaired) electrons. The summed E-state index contributed by atoms with van der Waals surface area (Å²) in [7, 11) is 0. The number of rotatable bonds is 1. The summed E-state index contributed by atoms with van der Waals surface area (Å²) in [6.45, 7) is 5.96.